The van der Waals surface area contributed by atoms with E-state index in [0.29, 0.717) is 6.04 Å². The Hall–Kier alpha value is -0.520. The lowest BCUT2D eigenvalue weighted by molar-refractivity contribution is -0.0661. The smallest absolute Gasteiger partial charge is 0.0840 e. The monoisotopic (exact) mass is 223 g/mol. The molecule has 0 saturated heterocycles. The van der Waals surface area contributed by atoms with Gasteiger partial charge >= 0.3 is 0 Å². The van der Waals surface area contributed by atoms with Crippen LogP contribution in [0.5, 0.6) is 0 Å². The summed E-state index contributed by atoms with van der Waals surface area (Å²) in [4.78, 5) is 0. The minimum Gasteiger partial charge on any atom is -0.377 e. The van der Waals surface area contributed by atoms with Crippen molar-refractivity contribution in [3.8, 4) is 12.3 Å². The highest BCUT2D eigenvalue weighted by molar-refractivity contribution is 5.01. The van der Waals surface area contributed by atoms with Crippen molar-refractivity contribution in [1.82, 2.24) is 5.32 Å². The molecule has 1 fully saturated rings. The molecular weight excluding hydrogens is 198 g/mol. The predicted molar refractivity (Wildman–Crippen MR) is 68.4 cm³/mol. The van der Waals surface area contributed by atoms with E-state index in [1.54, 1.807) is 0 Å². The molecule has 0 aromatic rings. The summed E-state index contributed by atoms with van der Waals surface area (Å²) in [5.41, 5.74) is -0.0141. The van der Waals surface area contributed by atoms with Crippen LogP contribution in [0.25, 0.3) is 0 Å². The number of hydrogen-bond acceptors (Lipinski definition) is 2. The summed E-state index contributed by atoms with van der Waals surface area (Å²) in [6, 6.07) is 0.322. The lowest BCUT2D eigenvalue weighted by Gasteiger charge is -2.42. The molecule has 0 aromatic heterocycles. The number of ether oxygens (including phenoxy) is 1. The Kier molecular flexibility index (Phi) is 5.87. The molecule has 0 heterocycles. The zero-order valence-electron chi connectivity index (χ0n) is 10.7. The molecule has 92 valence electrons. The Balaban J connectivity index is 2.66. The second kappa shape index (κ2) is 6.93. The fourth-order valence-corrected chi connectivity index (χ4v) is 2.73. The minimum atomic E-state index is -0.0141. The van der Waals surface area contributed by atoms with Gasteiger partial charge in [0.2, 0.25) is 0 Å². The van der Waals surface area contributed by atoms with Crippen LogP contribution in [0.1, 0.15) is 51.9 Å². The lowest BCUT2D eigenvalue weighted by atomic mass is 9.78. The molecule has 0 spiro atoms. The third kappa shape index (κ3) is 3.23. The van der Waals surface area contributed by atoms with Crippen LogP contribution in [-0.2, 0) is 4.74 Å². The topological polar surface area (TPSA) is 21.3 Å². The zero-order valence-corrected chi connectivity index (χ0v) is 10.7. The summed E-state index contributed by atoms with van der Waals surface area (Å²) in [6.45, 7) is 3.21. The van der Waals surface area contributed by atoms with E-state index in [-0.39, 0.29) is 5.60 Å². The summed E-state index contributed by atoms with van der Waals surface area (Å²) in [7, 11) is 1.84. The molecule has 1 aliphatic rings. The molecule has 1 N–H and O–H groups in total. The van der Waals surface area contributed by atoms with Crippen LogP contribution in [0.3, 0.4) is 0 Å². The van der Waals surface area contributed by atoms with Crippen LogP contribution in [0.4, 0.5) is 0 Å². The van der Waals surface area contributed by atoms with Crippen molar-refractivity contribution in [2.75, 3.05) is 13.7 Å². The molecular formula is C14H25NO. The SMILES string of the molecule is C#CCC(NCCC)C1(OC)CCCCC1. The second-order valence-corrected chi connectivity index (χ2v) is 4.74. The van der Waals surface area contributed by atoms with E-state index in [9.17, 15) is 0 Å². The molecule has 1 atom stereocenters. The van der Waals surface area contributed by atoms with E-state index in [4.69, 9.17) is 11.2 Å². The van der Waals surface area contributed by atoms with Gasteiger partial charge in [-0.25, -0.2) is 0 Å². The van der Waals surface area contributed by atoms with Gasteiger partial charge in [0.15, 0.2) is 0 Å². The first-order valence-corrected chi connectivity index (χ1v) is 6.51. The van der Waals surface area contributed by atoms with Gasteiger partial charge in [-0.05, 0) is 25.8 Å². The number of methoxy groups -OCH3 is 1. The van der Waals surface area contributed by atoms with Crippen LogP contribution >= 0.6 is 0 Å². The van der Waals surface area contributed by atoms with Crippen LogP contribution < -0.4 is 5.32 Å². The molecule has 2 heteroatoms. The van der Waals surface area contributed by atoms with Gasteiger partial charge in [-0.15, -0.1) is 12.3 Å². The maximum absolute atomic E-state index is 5.83. The summed E-state index contributed by atoms with van der Waals surface area (Å²) in [6.07, 6.45) is 13.5. The number of terminal acetylenes is 1. The second-order valence-electron chi connectivity index (χ2n) is 4.74. The molecule has 0 amide bonds. The Bertz CT molecular complexity index is 225. The largest absolute Gasteiger partial charge is 0.377 e. The first-order valence-electron chi connectivity index (χ1n) is 6.51. The first kappa shape index (κ1) is 13.5. The van der Waals surface area contributed by atoms with Gasteiger partial charge in [0.05, 0.1) is 5.60 Å². The Morgan fingerprint density at radius 2 is 2.06 bits per heavy atom. The molecule has 0 aromatic carbocycles. The standard InChI is InChI=1S/C14H25NO/c1-4-9-13(15-12-5-2)14(16-3)10-7-6-8-11-14/h1,13,15H,5-12H2,2-3H3. The zero-order chi connectivity index (χ0) is 11.9. The van der Waals surface area contributed by atoms with Gasteiger partial charge in [0.25, 0.3) is 0 Å². The maximum atomic E-state index is 5.83. The van der Waals surface area contributed by atoms with Crippen LogP contribution in [0, 0.1) is 12.3 Å². The summed E-state index contributed by atoms with van der Waals surface area (Å²) in [5, 5.41) is 3.56. The number of rotatable bonds is 6. The van der Waals surface area contributed by atoms with Crippen LogP contribution in [-0.4, -0.2) is 25.3 Å². The van der Waals surface area contributed by atoms with Gasteiger partial charge in [0.1, 0.15) is 0 Å². The van der Waals surface area contributed by atoms with Gasteiger partial charge in [0, 0.05) is 19.6 Å². The molecule has 16 heavy (non-hydrogen) atoms. The van der Waals surface area contributed by atoms with Crippen molar-refractivity contribution < 1.29 is 4.74 Å². The summed E-state index contributed by atoms with van der Waals surface area (Å²) in [5.74, 6) is 2.79. The molecule has 1 unspecified atom stereocenters. The quantitative estimate of drug-likeness (QED) is 0.699. The molecule has 0 radical (unpaired) electrons. The fourth-order valence-electron chi connectivity index (χ4n) is 2.73. The van der Waals surface area contributed by atoms with E-state index in [0.717, 1.165) is 32.2 Å². The molecule has 0 aliphatic heterocycles. The highest BCUT2D eigenvalue weighted by Crippen LogP contribution is 2.35. The lowest BCUT2D eigenvalue weighted by Crippen LogP contribution is -2.53. The first-order chi connectivity index (χ1) is 7.79. The predicted octanol–water partition coefficient (Wildman–Crippen LogP) is 2.73. The van der Waals surface area contributed by atoms with Gasteiger partial charge < -0.3 is 10.1 Å². The molecule has 1 saturated carbocycles. The van der Waals surface area contributed by atoms with E-state index in [1.807, 2.05) is 7.11 Å². The Morgan fingerprint density at radius 1 is 1.38 bits per heavy atom. The van der Waals surface area contributed by atoms with Crippen LogP contribution in [0.2, 0.25) is 0 Å². The number of nitrogens with one attached hydrogen (secondary N) is 1. The van der Waals surface area contributed by atoms with E-state index in [2.05, 4.69) is 18.2 Å². The molecule has 0 bridgehead atoms. The van der Waals surface area contributed by atoms with Crippen molar-refractivity contribution in [1.29, 1.82) is 0 Å². The van der Waals surface area contributed by atoms with Crippen molar-refractivity contribution in [2.24, 2.45) is 0 Å². The average Bonchev–Trinajstić information content (AvgIpc) is 2.35. The number of hydrogen-bond donors (Lipinski definition) is 1. The third-order valence-electron chi connectivity index (χ3n) is 3.70. The van der Waals surface area contributed by atoms with Crippen molar-refractivity contribution in [2.45, 2.75) is 63.5 Å². The fraction of sp³-hybridized carbons (Fsp3) is 0.857. The van der Waals surface area contributed by atoms with Gasteiger partial charge in [-0.2, -0.15) is 0 Å². The van der Waals surface area contributed by atoms with E-state index in [1.165, 1.54) is 19.3 Å². The van der Waals surface area contributed by atoms with Gasteiger partial charge in [-0.3, -0.25) is 0 Å². The van der Waals surface area contributed by atoms with Gasteiger partial charge in [-0.1, -0.05) is 26.2 Å². The average molecular weight is 223 g/mol. The van der Waals surface area contributed by atoms with Crippen LogP contribution in [0.15, 0.2) is 0 Å². The minimum absolute atomic E-state index is 0.0141. The Labute approximate surface area is 100 Å². The Morgan fingerprint density at radius 3 is 2.56 bits per heavy atom. The third-order valence-corrected chi connectivity index (χ3v) is 3.70. The maximum Gasteiger partial charge on any atom is 0.0840 e. The molecule has 2 nitrogen and oxygen atoms in total. The van der Waals surface area contributed by atoms with Crippen molar-refractivity contribution in [3.63, 3.8) is 0 Å². The normalized spacial score (nSPS) is 21.3. The van der Waals surface area contributed by atoms with E-state index >= 15 is 0 Å². The highest BCUT2D eigenvalue weighted by atomic mass is 16.5. The summed E-state index contributed by atoms with van der Waals surface area (Å²) < 4.78 is 5.83. The molecule has 1 aliphatic carbocycles. The molecule has 1 rings (SSSR count). The van der Waals surface area contributed by atoms with Crippen molar-refractivity contribution in [3.05, 3.63) is 0 Å². The highest BCUT2D eigenvalue weighted by Gasteiger charge is 2.39. The van der Waals surface area contributed by atoms with E-state index < -0.39 is 0 Å². The summed E-state index contributed by atoms with van der Waals surface area (Å²) >= 11 is 0. The van der Waals surface area contributed by atoms with Crippen molar-refractivity contribution >= 4 is 0 Å².